The van der Waals surface area contributed by atoms with E-state index in [0.717, 1.165) is 40.9 Å². The molecule has 0 aromatic heterocycles. The second-order valence-corrected chi connectivity index (χ2v) is 8.47. The van der Waals surface area contributed by atoms with Crippen molar-refractivity contribution in [1.29, 1.82) is 0 Å². The molecule has 5 nitrogen and oxygen atoms in total. The molecule has 1 N–H and O–H groups in total. The van der Waals surface area contributed by atoms with Gasteiger partial charge in [0.15, 0.2) is 0 Å². The third-order valence-corrected chi connectivity index (χ3v) is 5.37. The molecule has 11 heteroatoms. The lowest BCUT2D eigenvalue weighted by atomic mass is 10.2. The summed E-state index contributed by atoms with van der Waals surface area (Å²) in [6, 6.07) is 7.34. The molecule has 0 bridgehead atoms. The maximum Gasteiger partial charge on any atom is 0.416 e. The topological polar surface area (TPSA) is 66.5 Å². The van der Waals surface area contributed by atoms with E-state index in [1.807, 2.05) is 0 Å². The number of carbonyl (C=O) groups is 1. The van der Waals surface area contributed by atoms with Crippen molar-refractivity contribution in [1.82, 2.24) is 0 Å². The molecule has 158 valence electrons. The van der Waals surface area contributed by atoms with E-state index < -0.39 is 33.5 Å². The Morgan fingerprint density at radius 1 is 1.14 bits per heavy atom. The summed E-state index contributed by atoms with van der Waals surface area (Å²) in [5, 5.41) is 2.23. The number of anilines is 2. The minimum atomic E-state index is -4.59. The standard InChI is InChI=1S/C18H17ClF4N2O3S/c1-29(27,28)25(14-7-5-13(20)6-8-14)10-2-3-17(26)24-16-11-12(18(21,22)23)4-9-15(16)19/h4-9,11H,2-3,10H2,1H3,(H,24,26). The van der Waals surface area contributed by atoms with Gasteiger partial charge in [0, 0.05) is 13.0 Å². The molecule has 0 saturated heterocycles. The molecule has 2 rings (SSSR count). The number of benzene rings is 2. The second-order valence-electron chi connectivity index (χ2n) is 6.16. The van der Waals surface area contributed by atoms with Crippen molar-refractivity contribution in [3.8, 4) is 0 Å². The first-order valence-corrected chi connectivity index (χ1v) is 10.5. The summed E-state index contributed by atoms with van der Waals surface area (Å²) in [6.45, 7) is -0.0752. The van der Waals surface area contributed by atoms with Crippen molar-refractivity contribution in [2.45, 2.75) is 19.0 Å². The van der Waals surface area contributed by atoms with Crippen molar-refractivity contribution >= 4 is 38.9 Å². The molecule has 2 aromatic carbocycles. The van der Waals surface area contributed by atoms with E-state index in [-0.39, 0.29) is 35.8 Å². The van der Waals surface area contributed by atoms with Crippen LogP contribution in [0.1, 0.15) is 18.4 Å². The Hall–Kier alpha value is -2.33. The number of alkyl halides is 3. The lowest BCUT2D eigenvalue weighted by Crippen LogP contribution is -2.31. The highest BCUT2D eigenvalue weighted by Crippen LogP contribution is 2.33. The maximum absolute atomic E-state index is 13.0. The van der Waals surface area contributed by atoms with Crippen LogP contribution in [0.2, 0.25) is 5.02 Å². The smallest absolute Gasteiger partial charge is 0.325 e. The van der Waals surface area contributed by atoms with Gasteiger partial charge in [-0.25, -0.2) is 12.8 Å². The molecular weight excluding hydrogens is 436 g/mol. The predicted molar refractivity (Wildman–Crippen MR) is 103 cm³/mol. The SMILES string of the molecule is CS(=O)(=O)N(CCCC(=O)Nc1cc(C(F)(F)F)ccc1Cl)c1ccc(F)cc1. The van der Waals surface area contributed by atoms with Crippen molar-refractivity contribution in [2.75, 3.05) is 22.4 Å². The second kappa shape index (κ2) is 9.00. The molecule has 0 fully saturated rings. The molecule has 2 aromatic rings. The number of hydrogen-bond donors (Lipinski definition) is 1. The Labute approximate surface area is 170 Å². The van der Waals surface area contributed by atoms with E-state index in [2.05, 4.69) is 5.32 Å². The van der Waals surface area contributed by atoms with Gasteiger partial charge < -0.3 is 5.32 Å². The lowest BCUT2D eigenvalue weighted by Gasteiger charge is -2.22. The van der Waals surface area contributed by atoms with Gasteiger partial charge in [-0.3, -0.25) is 9.10 Å². The highest BCUT2D eigenvalue weighted by molar-refractivity contribution is 7.92. The molecule has 0 heterocycles. The van der Waals surface area contributed by atoms with Crippen LogP contribution in [-0.2, 0) is 21.0 Å². The Kier molecular flexibility index (Phi) is 7.12. The highest BCUT2D eigenvalue weighted by Gasteiger charge is 2.31. The van der Waals surface area contributed by atoms with E-state index in [1.165, 1.54) is 12.1 Å². The van der Waals surface area contributed by atoms with Crippen molar-refractivity contribution in [2.24, 2.45) is 0 Å². The fourth-order valence-electron chi connectivity index (χ4n) is 2.49. The summed E-state index contributed by atoms with van der Waals surface area (Å²) in [7, 11) is -3.68. The molecule has 0 spiro atoms. The summed E-state index contributed by atoms with van der Waals surface area (Å²) in [5.41, 5.74) is -0.919. The van der Waals surface area contributed by atoms with E-state index >= 15 is 0 Å². The first kappa shape index (κ1) is 23.0. The zero-order valence-electron chi connectivity index (χ0n) is 15.1. The van der Waals surface area contributed by atoms with Gasteiger partial charge in [0.1, 0.15) is 5.82 Å². The molecule has 0 aliphatic carbocycles. The van der Waals surface area contributed by atoms with Gasteiger partial charge in [-0.15, -0.1) is 0 Å². The molecule has 0 atom stereocenters. The van der Waals surface area contributed by atoms with Gasteiger partial charge >= 0.3 is 6.18 Å². The molecule has 0 radical (unpaired) electrons. The number of hydrogen-bond acceptors (Lipinski definition) is 3. The minimum Gasteiger partial charge on any atom is -0.325 e. The number of rotatable bonds is 7. The molecule has 0 saturated carbocycles. The van der Waals surface area contributed by atoms with Gasteiger partial charge in [-0.1, -0.05) is 11.6 Å². The Morgan fingerprint density at radius 2 is 1.76 bits per heavy atom. The monoisotopic (exact) mass is 452 g/mol. The zero-order chi connectivity index (χ0) is 21.8. The third kappa shape index (κ3) is 6.60. The summed E-state index contributed by atoms with van der Waals surface area (Å²) in [4.78, 5) is 12.1. The zero-order valence-corrected chi connectivity index (χ0v) is 16.7. The number of halogens is 5. The minimum absolute atomic E-state index is 0.0598. The number of sulfonamides is 1. The molecule has 29 heavy (non-hydrogen) atoms. The fourth-order valence-corrected chi connectivity index (χ4v) is 3.62. The Morgan fingerprint density at radius 3 is 2.31 bits per heavy atom. The van der Waals surface area contributed by atoms with Crippen molar-refractivity contribution in [3.05, 3.63) is 58.9 Å². The van der Waals surface area contributed by atoms with Gasteiger partial charge in [-0.05, 0) is 48.9 Å². The van der Waals surface area contributed by atoms with Gasteiger partial charge in [0.2, 0.25) is 15.9 Å². The van der Waals surface area contributed by atoms with Gasteiger partial charge in [-0.2, -0.15) is 13.2 Å². The Bertz CT molecular complexity index is 980. The van der Waals surface area contributed by atoms with Crippen LogP contribution in [0.25, 0.3) is 0 Å². The van der Waals surface area contributed by atoms with Crippen LogP contribution in [0.15, 0.2) is 42.5 Å². The first-order chi connectivity index (χ1) is 13.4. The number of carbonyl (C=O) groups excluding carboxylic acids is 1. The Balaban J connectivity index is 2.02. The number of amides is 1. The van der Waals surface area contributed by atoms with Crippen LogP contribution in [-0.4, -0.2) is 27.1 Å². The predicted octanol–water partition coefficient (Wildman–Crippen LogP) is 4.68. The van der Waals surface area contributed by atoms with E-state index in [9.17, 15) is 30.8 Å². The quantitative estimate of drug-likeness (QED) is 0.620. The molecule has 0 aliphatic rings. The van der Waals surface area contributed by atoms with E-state index in [4.69, 9.17) is 11.6 Å². The van der Waals surface area contributed by atoms with Crippen LogP contribution in [0.5, 0.6) is 0 Å². The number of nitrogens with zero attached hydrogens (tertiary/aromatic N) is 1. The normalized spacial score (nSPS) is 11.9. The first-order valence-electron chi connectivity index (χ1n) is 8.28. The van der Waals surface area contributed by atoms with Crippen LogP contribution < -0.4 is 9.62 Å². The van der Waals surface area contributed by atoms with E-state index in [0.29, 0.717) is 0 Å². The summed E-state index contributed by atoms with van der Waals surface area (Å²) < 4.78 is 76.3. The third-order valence-electron chi connectivity index (χ3n) is 3.85. The van der Waals surface area contributed by atoms with Crippen molar-refractivity contribution in [3.63, 3.8) is 0 Å². The fraction of sp³-hybridized carbons (Fsp3) is 0.278. The lowest BCUT2D eigenvalue weighted by molar-refractivity contribution is -0.137. The average molecular weight is 453 g/mol. The molecule has 1 amide bonds. The van der Waals surface area contributed by atoms with Crippen LogP contribution in [0.3, 0.4) is 0 Å². The summed E-state index contributed by atoms with van der Waals surface area (Å²) >= 11 is 5.83. The summed E-state index contributed by atoms with van der Waals surface area (Å²) in [5.74, 6) is -1.15. The maximum atomic E-state index is 13.0. The molecule has 0 aliphatic heterocycles. The number of nitrogens with one attached hydrogen (secondary N) is 1. The van der Waals surface area contributed by atoms with Gasteiger partial charge in [0.25, 0.3) is 0 Å². The van der Waals surface area contributed by atoms with Crippen LogP contribution in [0, 0.1) is 5.82 Å². The molecular formula is C18H17ClF4N2O3S. The van der Waals surface area contributed by atoms with Crippen LogP contribution in [0.4, 0.5) is 28.9 Å². The molecule has 0 unspecified atom stereocenters. The van der Waals surface area contributed by atoms with Gasteiger partial charge in [0.05, 0.1) is 28.2 Å². The van der Waals surface area contributed by atoms with Crippen LogP contribution >= 0.6 is 11.6 Å². The largest absolute Gasteiger partial charge is 0.416 e. The highest BCUT2D eigenvalue weighted by atomic mass is 35.5. The average Bonchev–Trinajstić information content (AvgIpc) is 2.59. The summed E-state index contributed by atoms with van der Waals surface area (Å²) in [6.07, 6.45) is -3.71. The van der Waals surface area contributed by atoms with Crippen molar-refractivity contribution < 1.29 is 30.8 Å². The van der Waals surface area contributed by atoms with E-state index in [1.54, 1.807) is 0 Å².